The minimum atomic E-state index is -3.75. The molecular weight excluding hydrogens is 383 g/mol. The molecule has 8 heteroatoms. The Labute approximate surface area is 164 Å². The molecule has 0 spiro atoms. The molecule has 28 heavy (non-hydrogen) atoms. The predicted octanol–water partition coefficient (Wildman–Crippen LogP) is 2.94. The molecule has 0 aromatic heterocycles. The van der Waals surface area contributed by atoms with E-state index in [0.29, 0.717) is 18.8 Å². The maximum atomic E-state index is 14.2. The second kappa shape index (κ2) is 8.70. The van der Waals surface area contributed by atoms with E-state index in [-0.39, 0.29) is 17.0 Å². The molecule has 3 rings (SSSR count). The van der Waals surface area contributed by atoms with Crippen molar-refractivity contribution in [2.24, 2.45) is 0 Å². The van der Waals surface area contributed by atoms with Crippen molar-refractivity contribution in [2.75, 3.05) is 20.2 Å². The van der Waals surface area contributed by atoms with Crippen molar-refractivity contribution < 1.29 is 22.3 Å². The van der Waals surface area contributed by atoms with E-state index >= 15 is 0 Å². The van der Waals surface area contributed by atoms with Crippen molar-refractivity contribution in [3.05, 3.63) is 59.4 Å². The number of benzene rings is 2. The first-order valence-electron chi connectivity index (χ1n) is 9.13. The summed E-state index contributed by atoms with van der Waals surface area (Å²) in [6.07, 6.45) is 2.59. The third-order valence-corrected chi connectivity index (χ3v) is 6.66. The third kappa shape index (κ3) is 4.34. The molecule has 2 aromatic rings. The van der Waals surface area contributed by atoms with Crippen molar-refractivity contribution >= 4 is 15.9 Å². The molecule has 0 radical (unpaired) electrons. The second-order valence-electron chi connectivity index (χ2n) is 6.60. The standard InChI is InChI=1S/C20H23FN2O4S/c1-27-19-8-4-3-7-15(19)14-22-20(24)17-13-16(9-10-18(17)21)28(25,26)23-11-5-2-6-12-23/h3-4,7-10,13H,2,5-6,11-12,14H2,1H3,(H,22,24). The molecule has 2 aromatic carbocycles. The maximum Gasteiger partial charge on any atom is 0.254 e. The van der Waals surface area contributed by atoms with Crippen LogP contribution in [0, 0.1) is 5.82 Å². The lowest BCUT2D eigenvalue weighted by Gasteiger charge is -2.26. The number of piperidine rings is 1. The first kappa shape index (κ1) is 20.3. The number of rotatable bonds is 6. The summed E-state index contributed by atoms with van der Waals surface area (Å²) in [5, 5.41) is 2.62. The molecule has 1 aliphatic heterocycles. The number of ether oxygens (including phenoxy) is 1. The normalized spacial score (nSPS) is 15.2. The van der Waals surface area contributed by atoms with Crippen LogP contribution in [0.3, 0.4) is 0 Å². The number of hydrogen-bond donors (Lipinski definition) is 1. The Hall–Kier alpha value is -2.45. The van der Waals surface area contributed by atoms with Crippen LogP contribution in [0.15, 0.2) is 47.4 Å². The number of nitrogens with zero attached hydrogens (tertiary/aromatic N) is 1. The summed E-state index contributed by atoms with van der Waals surface area (Å²) < 4.78 is 46.4. The van der Waals surface area contributed by atoms with Gasteiger partial charge in [-0.1, -0.05) is 24.6 Å². The zero-order valence-electron chi connectivity index (χ0n) is 15.7. The van der Waals surface area contributed by atoms with Crippen molar-refractivity contribution in [3.8, 4) is 5.75 Å². The van der Waals surface area contributed by atoms with Crippen LogP contribution in [0.1, 0.15) is 35.2 Å². The zero-order valence-corrected chi connectivity index (χ0v) is 16.5. The lowest BCUT2D eigenvalue weighted by Crippen LogP contribution is -2.35. The van der Waals surface area contributed by atoms with Crippen LogP contribution in [-0.2, 0) is 16.6 Å². The summed E-state index contributed by atoms with van der Waals surface area (Å²) in [6, 6.07) is 10.5. The summed E-state index contributed by atoms with van der Waals surface area (Å²) in [7, 11) is -2.22. The van der Waals surface area contributed by atoms with Gasteiger partial charge in [-0.05, 0) is 37.1 Å². The number of carbonyl (C=O) groups is 1. The fourth-order valence-corrected chi connectivity index (χ4v) is 4.76. The molecule has 0 unspecified atom stereocenters. The highest BCUT2D eigenvalue weighted by Gasteiger charge is 2.27. The van der Waals surface area contributed by atoms with E-state index in [4.69, 9.17) is 4.74 Å². The van der Waals surface area contributed by atoms with Gasteiger partial charge in [0.25, 0.3) is 5.91 Å². The van der Waals surface area contributed by atoms with Gasteiger partial charge in [0, 0.05) is 25.2 Å². The number of hydrogen-bond acceptors (Lipinski definition) is 4. The maximum absolute atomic E-state index is 14.2. The van der Waals surface area contributed by atoms with Gasteiger partial charge >= 0.3 is 0 Å². The van der Waals surface area contributed by atoms with E-state index in [1.165, 1.54) is 17.5 Å². The van der Waals surface area contributed by atoms with Crippen molar-refractivity contribution in [1.29, 1.82) is 0 Å². The fourth-order valence-electron chi connectivity index (χ4n) is 3.21. The van der Waals surface area contributed by atoms with Crippen LogP contribution in [0.25, 0.3) is 0 Å². The highest BCUT2D eigenvalue weighted by molar-refractivity contribution is 7.89. The summed E-state index contributed by atoms with van der Waals surface area (Å²) >= 11 is 0. The minimum Gasteiger partial charge on any atom is -0.496 e. The molecule has 1 amide bonds. The van der Waals surface area contributed by atoms with Gasteiger partial charge in [0.15, 0.2) is 0 Å². The molecule has 0 aliphatic carbocycles. The van der Waals surface area contributed by atoms with Crippen LogP contribution < -0.4 is 10.1 Å². The zero-order chi connectivity index (χ0) is 20.1. The highest BCUT2D eigenvalue weighted by atomic mass is 32.2. The van der Waals surface area contributed by atoms with Gasteiger partial charge in [-0.2, -0.15) is 4.31 Å². The third-order valence-electron chi connectivity index (χ3n) is 4.77. The van der Waals surface area contributed by atoms with Gasteiger partial charge in [-0.3, -0.25) is 4.79 Å². The number of carbonyl (C=O) groups excluding carboxylic acids is 1. The van der Waals surface area contributed by atoms with Gasteiger partial charge < -0.3 is 10.1 Å². The molecule has 150 valence electrons. The number of amides is 1. The van der Waals surface area contributed by atoms with Crippen LogP contribution in [0.5, 0.6) is 5.75 Å². The first-order chi connectivity index (χ1) is 13.4. The number of methoxy groups -OCH3 is 1. The van der Waals surface area contributed by atoms with Gasteiger partial charge in [-0.25, -0.2) is 12.8 Å². The lowest BCUT2D eigenvalue weighted by atomic mass is 10.1. The average molecular weight is 406 g/mol. The fraction of sp³-hybridized carbons (Fsp3) is 0.350. The van der Waals surface area contributed by atoms with Crippen LogP contribution in [0.2, 0.25) is 0 Å². The van der Waals surface area contributed by atoms with E-state index in [1.54, 1.807) is 24.3 Å². The van der Waals surface area contributed by atoms with Crippen LogP contribution in [-0.4, -0.2) is 38.8 Å². The molecule has 6 nitrogen and oxygen atoms in total. The van der Waals surface area contributed by atoms with Gasteiger partial charge in [0.1, 0.15) is 11.6 Å². The molecule has 0 saturated carbocycles. The summed E-state index contributed by atoms with van der Waals surface area (Å²) in [4.78, 5) is 12.4. The molecule has 1 heterocycles. The molecule has 1 aliphatic rings. The largest absolute Gasteiger partial charge is 0.496 e. The SMILES string of the molecule is COc1ccccc1CNC(=O)c1cc(S(=O)(=O)N2CCCCC2)ccc1F. The second-order valence-corrected chi connectivity index (χ2v) is 8.54. The molecule has 1 N–H and O–H groups in total. The van der Waals surface area contributed by atoms with E-state index in [0.717, 1.165) is 37.0 Å². The number of halogens is 1. The Morgan fingerprint density at radius 1 is 1.14 bits per heavy atom. The minimum absolute atomic E-state index is 0.0711. The van der Waals surface area contributed by atoms with Crippen molar-refractivity contribution in [1.82, 2.24) is 9.62 Å². The molecule has 0 bridgehead atoms. The quantitative estimate of drug-likeness (QED) is 0.800. The first-order valence-corrected chi connectivity index (χ1v) is 10.6. The molecule has 1 saturated heterocycles. The Balaban J connectivity index is 1.80. The predicted molar refractivity (Wildman–Crippen MR) is 103 cm³/mol. The smallest absolute Gasteiger partial charge is 0.254 e. The van der Waals surface area contributed by atoms with Gasteiger partial charge in [0.2, 0.25) is 10.0 Å². The Kier molecular flexibility index (Phi) is 6.31. The number of para-hydroxylation sites is 1. The Morgan fingerprint density at radius 3 is 2.57 bits per heavy atom. The molecular formula is C20H23FN2O4S. The molecule has 0 atom stereocenters. The van der Waals surface area contributed by atoms with E-state index in [2.05, 4.69) is 5.32 Å². The Bertz CT molecular complexity index is 956. The number of nitrogens with one attached hydrogen (secondary N) is 1. The summed E-state index contributed by atoms with van der Waals surface area (Å²) in [6.45, 7) is 1.01. The van der Waals surface area contributed by atoms with Gasteiger partial charge in [0.05, 0.1) is 17.6 Å². The summed E-state index contributed by atoms with van der Waals surface area (Å²) in [5.74, 6) is -0.848. The Morgan fingerprint density at radius 2 is 1.86 bits per heavy atom. The molecule has 1 fully saturated rings. The van der Waals surface area contributed by atoms with Crippen molar-refractivity contribution in [3.63, 3.8) is 0 Å². The van der Waals surface area contributed by atoms with Gasteiger partial charge in [-0.15, -0.1) is 0 Å². The van der Waals surface area contributed by atoms with E-state index in [1.807, 2.05) is 0 Å². The lowest BCUT2D eigenvalue weighted by molar-refractivity contribution is 0.0946. The average Bonchev–Trinajstić information content (AvgIpc) is 2.73. The summed E-state index contributed by atoms with van der Waals surface area (Å²) in [5.41, 5.74) is 0.434. The highest BCUT2D eigenvalue weighted by Crippen LogP contribution is 2.23. The topological polar surface area (TPSA) is 75.7 Å². The number of sulfonamides is 1. The monoisotopic (exact) mass is 406 g/mol. The van der Waals surface area contributed by atoms with Crippen LogP contribution in [0.4, 0.5) is 4.39 Å². The van der Waals surface area contributed by atoms with E-state index in [9.17, 15) is 17.6 Å². The van der Waals surface area contributed by atoms with Crippen molar-refractivity contribution in [2.45, 2.75) is 30.7 Å². The van der Waals surface area contributed by atoms with E-state index < -0.39 is 21.7 Å². The van der Waals surface area contributed by atoms with Crippen LogP contribution >= 0.6 is 0 Å².